The summed E-state index contributed by atoms with van der Waals surface area (Å²) in [6, 6.07) is 5.17. The minimum Gasteiger partial charge on any atom is -0.497 e. The number of nitrogens with zero attached hydrogens (tertiary/aromatic N) is 3. The van der Waals surface area contributed by atoms with Crippen LogP contribution in [0.3, 0.4) is 0 Å². The zero-order chi connectivity index (χ0) is 21.6. The van der Waals surface area contributed by atoms with Gasteiger partial charge in [0, 0.05) is 30.9 Å². The van der Waals surface area contributed by atoms with Crippen LogP contribution in [-0.2, 0) is 19.8 Å². The molecule has 1 atom stereocenters. The molecule has 1 heterocycles. The van der Waals surface area contributed by atoms with Gasteiger partial charge in [-0.1, -0.05) is 0 Å². The van der Waals surface area contributed by atoms with E-state index in [4.69, 9.17) is 9.47 Å². The van der Waals surface area contributed by atoms with Crippen molar-refractivity contribution >= 4 is 5.96 Å². The fourth-order valence-corrected chi connectivity index (χ4v) is 2.84. The molecule has 29 heavy (non-hydrogen) atoms. The van der Waals surface area contributed by atoms with Crippen molar-refractivity contribution in [1.29, 1.82) is 0 Å². The lowest BCUT2D eigenvalue weighted by Crippen LogP contribution is -2.38. The molecule has 7 nitrogen and oxygen atoms in total. The molecule has 1 unspecified atom stereocenters. The molecule has 2 N–H and O–H groups in total. The summed E-state index contributed by atoms with van der Waals surface area (Å²) in [5.74, 6) is 1.71. The Morgan fingerprint density at radius 1 is 1.28 bits per heavy atom. The first-order chi connectivity index (χ1) is 13.7. The Balaban J connectivity index is 2.25. The summed E-state index contributed by atoms with van der Waals surface area (Å²) in [4.78, 5) is 4.30. The van der Waals surface area contributed by atoms with Crippen molar-refractivity contribution in [2.24, 2.45) is 12.0 Å². The van der Waals surface area contributed by atoms with Crippen molar-refractivity contribution in [2.45, 2.75) is 32.6 Å². The van der Waals surface area contributed by atoms with Crippen molar-refractivity contribution in [3.05, 3.63) is 41.2 Å². The van der Waals surface area contributed by atoms with Crippen molar-refractivity contribution in [1.82, 2.24) is 20.4 Å². The Kier molecular flexibility index (Phi) is 7.35. The normalized spacial score (nSPS) is 13.2. The van der Waals surface area contributed by atoms with E-state index >= 15 is 0 Å². The van der Waals surface area contributed by atoms with Crippen molar-refractivity contribution in [3.8, 4) is 11.5 Å². The van der Waals surface area contributed by atoms with Gasteiger partial charge in [0.05, 0.1) is 26.8 Å². The number of aliphatic imine (C=N–C) groups is 1. The summed E-state index contributed by atoms with van der Waals surface area (Å²) in [5.41, 5.74) is -0.0965. The molecule has 160 valence electrons. The van der Waals surface area contributed by atoms with Gasteiger partial charge in [0.2, 0.25) is 0 Å². The summed E-state index contributed by atoms with van der Waals surface area (Å²) >= 11 is 0. The first-order valence-corrected chi connectivity index (χ1v) is 9.06. The van der Waals surface area contributed by atoms with Gasteiger partial charge in [-0.25, -0.2) is 4.99 Å². The third-order valence-corrected chi connectivity index (χ3v) is 4.18. The quantitative estimate of drug-likeness (QED) is 0.539. The van der Waals surface area contributed by atoms with Crippen LogP contribution in [0, 0.1) is 0 Å². The molecule has 0 aliphatic carbocycles. The maximum absolute atomic E-state index is 13.1. The number of hydrogen-bond donors (Lipinski definition) is 2. The van der Waals surface area contributed by atoms with Crippen LogP contribution in [0.4, 0.5) is 13.2 Å². The number of aryl methyl sites for hydroxylation is 1. The van der Waals surface area contributed by atoms with E-state index in [0.717, 1.165) is 10.2 Å². The zero-order valence-corrected chi connectivity index (χ0v) is 17.1. The van der Waals surface area contributed by atoms with Crippen LogP contribution in [0.15, 0.2) is 29.4 Å². The summed E-state index contributed by atoms with van der Waals surface area (Å²) in [7, 11) is 4.59. The highest BCUT2D eigenvalue weighted by molar-refractivity contribution is 5.80. The van der Waals surface area contributed by atoms with Gasteiger partial charge in [-0.05, 0) is 32.0 Å². The highest BCUT2D eigenvalue weighted by Gasteiger charge is 2.36. The maximum atomic E-state index is 13.1. The minimum absolute atomic E-state index is 0.00353. The van der Waals surface area contributed by atoms with Crippen molar-refractivity contribution < 1.29 is 22.6 Å². The number of guanidine groups is 1. The van der Waals surface area contributed by atoms with E-state index in [1.807, 2.05) is 19.9 Å². The van der Waals surface area contributed by atoms with Crippen LogP contribution < -0.4 is 20.1 Å². The van der Waals surface area contributed by atoms with Gasteiger partial charge in [-0.15, -0.1) is 0 Å². The lowest BCUT2D eigenvalue weighted by molar-refractivity contribution is -0.142. The van der Waals surface area contributed by atoms with Gasteiger partial charge >= 0.3 is 6.18 Å². The van der Waals surface area contributed by atoms with E-state index < -0.39 is 11.9 Å². The topological polar surface area (TPSA) is 72.7 Å². The average Bonchev–Trinajstić information content (AvgIpc) is 3.06. The molecule has 0 aliphatic heterocycles. The van der Waals surface area contributed by atoms with Gasteiger partial charge in [0.15, 0.2) is 11.7 Å². The number of alkyl halides is 3. The molecule has 0 fully saturated rings. The highest BCUT2D eigenvalue weighted by atomic mass is 19.4. The number of halogens is 3. The van der Waals surface area contributed by atoms with Gasteiger partial charge in [-0.3, -0.25) is 4.68 Å². The summed E-state index contributed by atoms with van der Waals surface area (Å²) in [5, 5.41) is 9.74. The van der Waals surface area contributed by atoms with Gasteiger partial charge in [0.1, 0.15) is 11.5 Å². The Hall–Kier alpha value is -2.91. The molecule has 2 rings (SSSR count). The smallest absolute Gasteiger partial charge is 0.435 e. The molecule has 10 heteroatoms. The van der Waals surface area contributed by atoms with E-state index in [1.165, 1.54) is 13.2 Å². The molecule has 0 aliphatic rings. The molecule has 0 saturated heterocycles. The molecule has 1 aromatic carbocycles. The Morgan fingerprint density at radius 3 is 2.59 bits per heavy atom. The molecular formula is C19H26F3N5O2. The van der Waals surface area contributed by atoms with Gasteiger partial charge in [0.25, 0.3) is 0 Å². The Morgan fingerprint density at radius 2 is 2.00 bits per heavy atom. The second-order valence-corrected chi connectivity index (χ2v) is 6.34. The monoisotopic (exact) mass is 413 g/mol. The number of benzene rings is 1. The van der Waals surface area contributed by atoms with Crippen LogP contribution in [-0.4, -0.2) is 36.5 Å². The molecule has 0 spiro atoms. The third kappa shape index (κ3) is 5.78. The molecule has 0 amide bonds. The highest BCUT2D eigenvalue weighted by Crippen LogP contribution is 2.31. The first-order valence-electron chi connectivity index (χ1n) is 9.06. The SMILES string of the molecule is CCNC(=NCc1cn(C)nc1C(F)(F)F)NC(C)c1cc(OC)ccc1OC. The molecular weight excluding hydrogens is 387 g/mol. The Bertz CT molecular complexity index is 849. The van der Waals surface area contributed by atoms with Gasteiger partial charge < -0.3 is 20.1 Å². The Labute approximate surface area is 167 Å². The molecule has 2 aromatic rings. The maximum Gasteiger partial charge on any atom is 0.435 e. The minimum atomic E-state index is -4.53. The van der Waals surface area contributed by atoms with Crippen LogP contribution in [0.2, 0.25) is 0 Å². The second kappa shape index (κ2) is 9.53. The van der Waals surface area contributed by atoms with Crippen molar-refractivity contribution in [2.75, 3.05) is 20.8 Å². The lowest BCUT2D eigenvalue weighted by atomic mass is 10.1. The largest absolute Gasteiger partial charge is 0.497 e. The first kappa shape index (κ1) is 22.4. The second-order valence-electron chi connectivity index (χ2n) is 6.34. The molecule has 0 bridgehead atoms. The number of hydrogen-bond acceptors (Lipinski definition) is 4. The third-order valence-electron chi connectivity index (χ3n) is 4.18. The average molecular weight is 413 g/mol. The van der Waals surface area contributed by atoms with Crippen molar-refractivity contribution in [3.63, 3.8) is 0 Å². The molecule has 1 aromatic heterocycles. The van der Waals surface area contributed by atoms with Crippen LogP contribution in [0.1, 0.15) is 36.7 Å². The standard InChI is InChI=1S/C19H26F3N5O2/c1-6-23-18(24-10-13-11-27(3)26-17(13)19(20,21)22)25-12(2)15-9-14(28-4)7-8-16(15)29-5/h7-9,11-12H,6,10H2,1-5H3,(H2,23,24,25). The van der Waals surface area contributed by atoms with Gasteiger partial charge in [-0.2, -0.15) is 18.3 Å². The summed E-state index contributed by atoms with van der Waals surface area (Å²) in [6.45, 7) is 4.15. The van der Waals surface area contributed by atoms with E-state index in [9.17, 15) is 13.2 Å². The lowest BCUT2D eigenvalue weighted by Gasteiger charge is -2.20. The number of methoxy groups -OCH3 is 2. The predicted molar refractivity (Wildman–Crippen MR) is 104 cm³/mol. The number of ether oxygens (including phenoxy) is 2. The molecule has 0 saturated carbocycles. The zero-order valence-electron chi connectivity index (χ0n) is 17.1. The van der Waals surface area contributed by atoms with Crippen LogP contribution >= 0.6 is 0 Å². The number of nitrogens with one attached hydrogen (secondary N) is 2. The fraction of sp³-hybridized carbons (Fsp3) is 0.474. The van der Waals surface area contributed by atoms with E-state index in [2.05, 4.69) is 20.7 Å². The fourth-order valence-electron chi connectivity index (χ4n) is 2.84. The van der Waals surface area contributed by atoms with E-state index in [0.29, 0.717) is 24.0 Å². The summed E-state index contributed by atoms with van der Waals surface area (Å²) in [6.07, 6.45) is -3.20. The van der Waals surface area contributed by atoms with E-state index in [-0.39, 0.29) is 18.2 Å². The number of aromatic nitrogens is 2. The summed E-state index contributed by atoms with van der Waals surface area (Å²) < 4.78 is 51.2. The predicted octanol–water partition coefficient (Wildman–Crippen LogP) is 3.27. The number of rotatable bonds is 7. The molecule has 0 radical (unpaired) electrons. The van der Waals surface area contributed by atoms with Crippen LogP contribution in [0.25, 0.3) is 0 Å². The van der Waals surface area contributed by atoms with E-state index in [1.54, 1.807) is 26.4 Å². The van der Waals surface area contributed by atoms with Crippen LogP contribution in [0.5, 0.6) is 11.5 Å².